The maximum atomic E-state index is 11.7. The highest BCUT2D eigenvalue weighted by Gasteiger charge is 2.05. The second-order valence-corrected chi connectivity index (χ2v) is 4.69. The number of hydrogen-bond acceptors (Lipinski definition) is 3. The maximum Gasteiger partial charge on any atom is 0.305 e. The topological polar surface area (TPSA) is 55.4 Å². The summed E-state index contributed by atoms with van der Waals surface area (Å²) in [6.45, 7) is 0.472. The first kappa shape index (κ1) is 14.0. The molecular weight excluding hydrogens is 333 g/mol. The molecule has 0 saturated carbocycles. The van der Waals surface area contributed by atoms with Crippen LogP contribution in [0.3, 0.4) is 0 Å². The molecule has 0 unspecified atom stereocenters. The molecule has 0 radical (unpaired) electrons. The van der Waals surface area contributed by atoms with E-state index >= 15 is 0 Å². The molecule has 0 atom stereocenters. The van der Waals surface area contributed by atoms with Crippen molar-refractivity contribution >= 4 is 34.5 Å². The molecule has 0 spiro atoms. The van der Waals surface area contributed by atoms with E-state index in [2.05, 4.69) is 32.6 Å². The molecule has 1 amide bonds. The number of benzene rings is 1. The van der Waals surface area contributed by atoms with Gasteiger partial charge in [-0.05, 0) is 47.2 Å². The fourth-order valence-electron chi connectivity index (χ4n) is 1.27. The summed E-state index contributed by atoms with van der Waals surface area (Å²) in [7, 11) is 1.35. The zero-order chi connectivity index (χ0) is 12.7. The Labute approximate surface area is 114 Å². The zero-order valence-electron chi connectivity index (χ0n) is 9.53. The minimum absolute atomic E-state index is 0.117. The molecule has 0 aliphatic carbocycles. The number of esters is 1. The van der Waals surface area contributed by atoms with Crippen LogP contribution in [0, 0.1) is 3.57 Å². The Balaban J connectivity index is 2.33. The average Bonchev–Trinajstić information content (AvgIpc) is 2.34. The maximum absolute atomic E-state index is 11.7. The fourth-order valence-corrected chi connectivity index (χ4v) is 1.81. The van der Waals surface area contributed by atoms with Crippen LogP contribution in [-0.2, 0) is 9.53 Å². The normalized spacial score (nSPS) is 9.76. The number of nitrogens with one attached hydrogen (secondary N) is 1. The van der Waals surface area contributed by atoms with Crippen molar-refractivity contribution in [2.24, 2.45) is 0 Å². The molecule has 1 N–H and O–H groups in total. The second kappa shape index (κ2) is 7.26. The smallest absolute Gasteiger partial charge is 0.305 e. The van der Waals surface area contributed by atoms with Crippen molar-refractivity contribution in [1.82, 2.24) is 5.32 Å². The van der Waals surface area contributed by atoms with E-state index in [-0.39, 0.29) is 11.9 Å². The molecule has 17 heavy (non-hydrogen) atoms. The standard InChI is InChI=1S/C12H14INO3/c1-17-11(15)6-3-7-14-12(16)9-4-2-5-10(13)8-9/h2,4-5,8H,3,6-7H2,1H3,(H,14,16). The summed E-state index contributed by atoms with van der Waals surface area (Å²) in [5, 5.41) is 2.76. The van der Waals surface area contributed by atoms with Gasteiger partial charge in [-0.1, -0.05) is 6.07 Å². The fraction of sp³-hybridized carbons (Fsp3) is 0.333. The Morgan fingerprint density at radius 1 is 1.41 bits per heavy atom. The number of halogens is 1. The predicted molar refractivity (Wildman–Crippen MR) is 72.7 cm³/mol. The average molecular weight is 347 g/mol. The van der Waals surface area contributed by atoms with Crippen LogP contribution in [0.2, 0.25) is 0 Å². The van der Waals surface area contributed by atoms with Gasteiger partial charge in [-0.25, -0.2) is 0 Å². The van der Waals surface area contributed by atoms with E-state index in [1.54, 1.807) is 6.07 Å². The van der Waals surface area contributed by atoms with Gasteiger partial charge in [-0.15, -0.1) is 0 Å². The van der Waals surface area contributed by atoms with Gasteiger partial charge in [0.15, 0.2) is 0 Å². The van der Waals surface area contributed by atoms with Gasteiger partial charge < -0.3 is 10.1 Å². The van der Waals surface area contributed by atoms with Crippen molar-refractivity contribution in [3.63, 3.8) is 0 Å². The number of rotatable bonds is 5. The first-order valence-corrected chi connectivity index (χ1v) is 6.32. The van der Waals surface area contributed by atoms with E-state index in [1.165, 1.54) is 7.11 Å². The van der Waals surface area contributed by atoms with E-state index < -0.39 is 0 Å². The molecule has 0 aliphatic rings. The van der Waals surface area contributed by atoms with Crippen LogP contribution in [0.25, 0.3) is 0 Å². The first-order valence-electron chi connectivity index (χ1n) is 5.24. The van der Waals surface area contributed by atoms with Crippen LogP contribution in [0.5, 0.6) is 0 Å². The van der Waals surface area contributed by atoms with Gasteiger partial charge in [0, 0.05) is 22.1 Å². The highest BCUT2D eigenvalue weighted by molar-refractivity contribution is 14.1. The molecule has 0 heterocycles. The Kier molecular flexibility index (Phi) is 5.96. The van der Waals surface area contributed by atoms with Crippen LogP contribution in [0.15, 0.2) is 24.3 Å². The molecule has 1 rings (SSSR count). The lowest BCUT2D eigenvalue weighted by Gasteiger charge is -2.05. The van der Waals surface area contributed by atoms with Crippen molar-refractivity contribution in [3.8, 4) is 0 Å². The van der Waals surface area contributed by atoms with Crippen LogP contribution >= 0.6 is 22.6 Å². The van der Waals surface area contributed by atoms with Crippen molar-refractivity contribution in [2.45, 2.75) is 12.8 Å². The molecule has 1 aromatic carbocycles. The second-order valence-electron chi connectivity index (χ2n) is 3.45. The molecule has 0 fully saturated rings. The third-order valence-electron chi connectivity index (χ3n) is 2.16. The molecule has 1 aromatic rings. The molecule has 4 nitrogen and oxygen atoms in total. The number of methoxy groups -OCH3 is 1. The number of ether oxygens (including phenoxy) is 1. The summed E-state index contributed by atoms with van der Waals surface area (Å²) in [6, 6.07) is 7.34. The van der Waals surface area contributed by atoms with Crippen molar-refractivity contribution in [3.05, 3.63) is 33.4 Å². The van der Waals surface area contributed by atoms with Crippen molar-refractivity contribution < 1.29 is 14.3 Å². The monoisotopic (exact) mass is 347 g/mol. The summed E-state index contributed by atoms with van der Waals surface area (Å²) in [4.78, 5) is 22.5. The van der Waals surface area contributed by atoms with Gasteiger partial charge in [0.2, 0.25) is 0 Å². The minimum Gasteiger partial charge on any atom is -0.469 e. The molecule has 0 aliphatic heterocycles. The number of carbonyl (C=O) groups excluding carboxylic acids is 2. The van der Waals surface area contributed by atoms with Gasteiger partial charge in [-0.3, -0.25) is 9.59 Å². The Morgan fingerprint density at radius 2 is 2.18 bits per heavy atom. The van der Waals surface area contributed by atoms with Gasteiger partial charge in [-0.2, -0.15) is 0 Å². The Morgan fingerprint density at radius 3 is 2.82 bits per heavy atom. The molecule has 92 valence electrons. The minimum atomic E-state index is -0.256. The third kappa shape index (κ3) is 5.16. The lowest BCUT2D eigenvalue weighted by molar-refractivity contribution is -0.140. The van der Waals surface area contributed by atoms with E-state index in [1.807, 2.05) is 18.2 Å². The van der Waals surface area contributed by atoms with Crippen molar-refractivity contribution in [2.75, 3.05) is 13.7 Å². The van der Waals surface area contributed by atoms with Crippen LogP contribution in [0.4, 0.5) is 0 Å². The summed E-state index contributed by atoms with van der Waals surface area (Å²) in [5.41, 5.74) is 0.634. The van der Waals surface area contributed by atoms with Crippen molar-refractivity contribution in [1.29, 1.82) is 0 Å². The SMILES string of the molecule is COC(=O)CCCNC(=O)c1cccc(I)c1. The van der Waals surface area contributed by atoms with Gasteiger partial charge >= 0.3 is 5.97 Å². The van der Waals surface area contributed by atoms with Gasteiger partial charge in [0.05, 0.1) is 7.11 Å². The number of carbonyl (C=O) groups is 2. The van der Waals surface area contributed by atoms with E-state index in [0.717, 1.165) is 3.57 Å². The molecule has 5 heteroatoms. The van der Waals surface area contributed by atoms with Gasteiger partial charge in [0.1, 0.15) is 0 Å². The largest absolute Gasteiger partial charge is 0.469 e. The molecular formula is C12H14INO3. The summed E-state index contributed by atoms with van der Waals surface area (Å²) < 4.78 is 5.52. The number of hydrogen-bond donors (Lipinski definition) is 1. The highest BCUT2D eigenvalue weighted by atomic mass is 127. The Hall–Kier alpha value is -1.11. The summed E-state index contributed by atoms with van der Waals surface area (Å²) >= 11 is 2.16. The highest BCUT2D eigenvalue weighted by Crippen LogP contribution is 2.07. The Bertz CT molecular complexity index is 406. The third-order valence-corrected chi connectivity index (χ3v) is 2.83. The first-order chi connectivity index (χ1) is 8.13. The van der Waals surface area contributed by atoms with Crippen LogP contribution in [0.1, 0.15) is 23.2 Å². The summed E-state index contributed by atoms with van der Waals surface area (Å²) in [5.74, 6) is -0.373. The lowest BCUT2D eigenvalue weighted by Crippen LogP contribution is -2.25. The number of amides is 1. The van der Waals surface area contributed by atoms with Gasteiger partial charge in [0.25, 0.3) is 5.91 Å². The lowest BCUT2D eigenvalue weighted by atomic mass is 10.2. The van der Waals surface area contributed by atoms with Crippen LogP contribution in [-0.4, -0.2) is 25.5 Å². The molecule has 0 bridgehead atoms. The van der Waals surface area contributed by atoms with E-state index in [0.29, 0.717) is 24.9 Å². The zero-order valence-corrected chi connectivity index (χ0v) is 11.7. The predicted octanol–water partition coefficient (Wildman–Crippen LogP) is 1.97. The molecule has 0 saturated heterocycles. The summed E-state index contributed by atoms with van der Waals surface area (Å²) in [6.07, 6.45) is 0.908. The van der Waals surface area contributed by atoms with E-state index in [9.17, 15) is 9.59 Å². The quantitative estimate of drug-likeness (QED) is 0.503. The van der Waals surface area contributed by atoms with E-state index in [4.69, 9.17) is 0 Å². The van der Waals surface area contributed by atoms with Crippen LogP contribution < -0.4 is 5.32 Å². The molecule has 0 aromatic heterocycles.